The van der Waals surface area contributed by atoms with Crippen LogP contribution in [0.15, 0.2) is 48.5 Å². The first-order valence-electron chi connectivity index (χ1n) is 8.06. The van der Waals surface area contributed by atoms with Crippen LogP contribution in [0, 0.1) is 5.41 Å². The number of aromatic nitrogens is 1. The summed E-state index contributed by atoms with van der Waals surface area (Å²) < 4.78 is 0. The van der Waals surface area contributed by atoms with E-state index < -0.39 is 0 Å². The molecule has 0 bridgehead atoms. The summed E-state index contributed by atoms with van der Waals surface area (Å²) in [6, 6.07) is 16.9. The molecule has 2 N–H and O–H groups in total. The molecule has 23 heavy (non-hydrogen) atoms. The zero-order chi connectivity index (χ0) is 15.8. The lowest BCUT2D eigenvalue weighted by atomic mass is 10.1. The fourth-order valence-electron chi connectivity index (χ4n) is 3.38. The van der Waals surface area contributed by atoms with E-state index in [1.807, 2.05) is 19.1 Å². The van der Waals surface area contributed by atoms with Gasteiger partial charge < -0.3 is 10.2 Å². The highest BCUT2D eigenvalue weighted by Gasteiger charge is 2.23. The molecular formula is C19H20N4. The third kappa shape index (κ3) is 2.50. The summed E-state index contributed by atoms with van der Waals surface area (Å²) in [5, 5.41) is 13.9. The Morgan fingerprint density at radius 1 is 1.09 bits per heavy atom. The number of hydrogen-bond donors (Lipinski definition) is 2. The molecule has 0 aliphatic carbocycles. The second-order valence-corrected chi connectivity index (χ2v) is 6.18. The Balaban J connectivity index is 1.79. The molecule has 2 heterocycles. The van der Waals surface area contributed by atoms with Crippen LogP contribution in [0.4, 0.5) is 5.69 Å². The molecule has 1 aliphatic heterocycles. The Kier molecular flexibility index (Phi) is 3.37. The van der Waals surface area contributed by atoms with Gasteiger partial charge in [0.2, 0.25) is 0 Å². The molecule has 4 heteroatoms. The zero-order valence-corrected chi connectivity index (χ0v) is 13.2. The quantitative estimate of drug-likeness (QED) is 0.429. The van der Waals surface area contributed by atoms with Crippen LogP contribution in [0.3, 0.4) is 0 Å². The maximum Gasteiger partial charge on any atom is 0.0926 e. The van der Waals surface area contributed by atoms with Crippen molar-refractivity contribution in [1.82, 2.24) is 9.88 Å². The number of amidine groups is 1. The molecule has 3 aromatic rings. The SMILES string of the molecule is CC(=N)N1CC[C@H](Nc2c3ccccc3nc3ccccc23)C1. The number of likely N-dealkylation sites (tertiary alicyclic amines) is 1. The molecule has 0 radical (unpaired) electrons. The van der Waals surface area contributed by atoms with Crippen molar-refractivity contribution in [2.75, 3.05) is 18.4 Å². The second kappa shape index (κ2) is 5.54. The third-order valence-electron chi connectivity index (χ3n) is 4.60. The summed E-state index contributed by atoms with van der Waals surface area (Å²) in [6.45, 7) is 3.70. The van der Waals surface area contributed by atoms with Gasteiger partial charge in [-0.05, 0) is 25.5 Å². The van der Waals surface area contributed by atoms with Gasteiger partial charge in [-0.2, -0.15) is 0 Å². The maximum atomic E-state index is 7.81. The van der Waals surface area contributed by atoms with E-state index in [2.05, 4.69) is 46.6 Å². The van der Waals surface area contributed by atoms with E-state index in [0.29, 0.717) is 11.9 Å². The Bertz CT molecular complexity index is 833. The average molecular weight is 304 g/mol. The van der Waals surface area contributed by atoms with E-state index >= 15 is 0 Å². The van der Waals surface area contributed by atoms with Crippen LogP contribution in [-0.2, 0) is 0 Å². The molecule has 0 unspecified atom stereocenters. The molecule has 4 nitrogen and oxygen atoms in total. The third-order valence-corrected chi connectivity index (χ3v) is 4.60. The summed E-state index contributed by atoms with van der Waals surface area (Å²) in [5.41, 5.74) is 3.21. The van der Waals surface area contributed by atoms with E-state index in [9.17, 15) is 0 Å². The average Bonchev–Trinajstić information content (AvgIpc) is 3.03. The number of benzene rings is 2. The van der Waals surface area contributed by atoms with Gasteiger partial charge in [0.1, 0.15) is 0 Å². The van der Waals surface area contributed by atoms with Gasteiger partial charge >= 0.3 is 0 Å². The topological polar surface area (TPSA) is 52.0 Å². The first-order valence-corrected chi connectivity index (χ1v) is 8.06. The molecule has 1 aliphatic rings. The molecule has 1 aromatic heterocycles. The number of para-hydroxylation sites is 2. The molecule has 116 valence electrons. The van der Waals surface area contributed by atoms with E-state index in [4.69, 9.17) is 10.4 Å². The zero-order valence-electron chi connectivity index (χ0n) is 13.2. The standard InChI is InChI=1S/C19H20N4/c1-13(20)23-11-10-14(12-23)21-19-15-6-2-4-8-17(15)22-18-9-5-3-7-16(18)19/h2-9,14,20H,10-12H2,1H3,(H,21,22)/t14-/m0/s1. The molecule has 0 saturated carbocycles. The highest BCUT2D eigenvalue weighted by atomic mass is 15.2. The van der Waals surface area contributed by atoms with Crippen molar-refractivity contribution in [1.29, 1.82) is 5.41 Å². The van der Waals surface area contributed by atoms with Crippen molar-refractivity contribution in [3.63, 3.8) is 0 Å². The lowest BCUT2D eigenvalue weighted by Gasteiger charge is -2.19. The number of nitrogens with one attached hydrogen (secondary N) is 2. The van der Waals surface area contributed by atoms with Crippen LogP contribution in [0.1, 0.15) is 13.3 Å². The lowest BCUT2D eigenvalue weighted by molar-refractivity contribution is 0.507. The van der Waals surface area contributed by atoms with Gasteiger partial charge in [-0.25, -0.2) is 4.98 Å². The molecule has 1 fully saturated rings. The first kappa shape index (κ1) is 14.0. The largest absolute Gasteiger partial charge is 0.379 e. The Labute approximate surface area is 135 Å². The number of hydrogen-bond acceptors (Lipinski definition) is 3. The maximum absolute atomic E-state index is 7.81. The predicted octanol–water partition coefficient (Wildman–Crippen LogP) is 3.87. The summed E-state index contributed by atoms with van der Waals surface area (Å²) in [5.74, 6) is 0.652. The molecular weight excluding hydrogens is 284 g/mol. The minimum Gasteiger partial charge on any atom is -0.379 e. The van der Waals surface area contributed by atoms with E-state index in [0.717, 1.165) is 41.3 Å². The Hall–Kier alpha value is -2.62. The van der Waals surface area contributed by atoms with Gasteiger partial charge in [0.15, 0.2) is 0 Å². The van der Waals surface area contributed by atoms with Gasteiger partial charge in [0.05, 0.1) is 22.6 Å². The predicted molar refractivity (Wildman–Crippen MR) is 96.3 cm³/mol. The van der Waals surface area contributed by atoms with Gasteiger partial charge in [0, 0.05) is 29.9 Å². The summed E-state index contributed by atoms with van der Waals surface area (Å²) in [7, 11) is 0. The molecule has 0 amide bonds. The second-order valence-electron chi connectivity index (χ2n) is 6.18. The lowest BCUT2D eigenvalue weighted by Crippen LogP contribution is -2.29. The van der Waals surface area contributed by atoms with Crippen molar-refractivity contribution in [2.45, 2.75) is 19.4 Å². The fourth-order valence-corrected chi connectivity index (χ4v) is 3.38. The highest BCUT2D eigenvalue weighted by molar-refractivity contribution is 6.07. The van der Waals surface area contributed by atoms with Gasteiger partial charge in [-0.15, -0.1) is 0 Å². The smallest absolute Gasteiger partial charge is 0.0926 e. The monoisotopic (exact) mass is 304 g/mol. The first-order chi connectivity index (χ1) is 11.2. The number of nitrogens with zero attached hydrogens (tertiary/aromatic N) is 2. The molecule has 0 spiro atoms. The van der Waals surface area contributed by atoms with Crippen LogP contribution in [0.25, 0.3) is 21.8 Å². The van der Waals surface area contributed by atoms with Crippen molar-refractivity contribution in [2.24, 2.45) is 0 Å². The highest BCUT2D eigenvalue weighted by Crippen LogP contribution is 2.32. The summed E-state index contributed by atoms with van der Waals surface area (Å²) in [4.78, 5) is 6.90. The van der Waals surface area contributed by atoms with E-state index in [1.54, 1.807) is 0 Å². The molecule has 1 saturated heterocycles. The summed E-state index contributed by atoms with van der Waals surface area (Å²) >= 11 is 0. The molecule has 4 rings (SSSR count). The summed E-state index contributed by atoms with van der Waals surface area (Å²) in [6.07, 6.45) is 1.06. The van der Waals surface area contributed by atoms with Crippen LogP contribution in [-0.4, -0.2) is 34.9 Å². The van der Waals surface area contributed by atoms with Gasteiger partial charge in [0.25, 0.3) is 0 Å². The minimum atomic E-state index is 0.365. The van der Waals surface area contributed by atoms with Crippen LogP contribution in [0.2, 0.25) is 0 Å². The molecule has 1 atom stereocenters. The number of fused-ring (bicyclic) bond motifs is 2. The van der Waals surface area contributed by atoms with E-state index in [-0.39, 0.29) is 0 Å². The van der Waals surface area contributed by atoms with Crippen molar-refractivity contribution >= 4 is 33.3 Å². The number of anilines is 1. The molecule has 2 aromatic carbocycles. The fraction of sp³-hybridized carbons (Fsp3) is 0.263. The number of pyridine rings is 1. The van der Waals surface area contributed by atoms with Crippen LogP contribution in [0.5, 0.6) is 0 Å². The number of rotatable bonds is 2. The minimum absolute atomic E-state index is 0.365. The van der Waals surface area contributed by atoms with Crippen molar-refractivity contribution in [3.8, 4) is 0 Å². The van der Waals surface area contributed by atoms with Crippen molar-refractivity contribution < 1.29 is 0 Å². The Morgan fingerprint density at radius 2 is 1.70 bits per heavy atom. The normalized spacial score (nSPS) is 17.8. The van der Waals surface area contributed by atoms with Gasteiger partial charge in [-0.3, -0.25) is 5.41 Å². The van der Waals surface area contributed by atoms with Crippen LogP contribution < -0.4 is 5.32 Å². The Morgan fingerprint density at radius 3 is 2.26 bits per heavy atom. The van der Waals surface area contributed by atoms with Gasteiger partial charge in [-0.1, -0.05) is 36.4 Å². The van der Waals surface area contributed by atoms with E-state index in [1.165, 1.54) is 5.69 Å². The van der Waals surface area contributed by atoms with Crippen LogP contribution >= 0.6 is 0 Å². The van der Waals surface area contributed by atoms with Crippen molar-refractivity contribution in [3.05, 3.63) is 48.5 Å².